The third-order valence-electron chi connectivity index (χ3n) is 2.31. The molecule has 7 nitrogen and oxygen atoms in total. The molecule has 0 unspecified atom stereocenters. The number of carbonyl (C=O) groups excluding carboxylic acids is 1. The van der Waals surface area contributed by atoms with Crippen LogP contribution in [0.2, 0.25) is 0 Å². The van der Waals surface area contributed by atoms with Crippen LogP contribution >= 0.6 is 0 Å². The molecule has 1 aromatic carbocycles. The topological polar surface area (TPSA) is 100 Å². The molecule has 0 aliphatic carbocycles. The standard InChI is InChI=1S/C16H19N3O4/c1-16(2,3)23-15(22)18-10-12(14(20)21)9-17-11-19-13-7-5-4-6-8-13/h4-9H,10H2,1-3H3,(H,18,22)(H,20,21)/b12-9+. The van der Waals surface area contributed by atoms with Crippen LogP contribution in [0.4, 0.5) is 10.5 Å². The minimum atomic E-state index is -1.20. The number of carboxylic acid groups (broad SMARTS) is 1. The molecule has 1 aromatic rings. The number of nitrogens with one attached hydrogen (secondary N) is 1. The lowest BCUT2D eigenvalue weighted by Gasteiger charge is -2.19. The average molecular weight is 317 g/mol. The quantitative estimate of drug-likeness (QED) is 0.644. The number of carbonyl (C=O) groups is 2. The second-order valence-electron chi connectivity index (χ2n) is 5.49. The SMILES string of the molecule is CC(C)(C)OC(=O)NC/C(=C\N=C=Nc1ccccc1)C(=O)O. The molecule has 1 amide bonds. The molecule has 7 heteroatoms. The van der Waals surface area contributed by atoms with E-state index in [1.165, 1.54) is 0 Å². The lowest BCUT2D eigenvalue weighted by Crippen LogP contribution is -2.34. The molecule has 23 heavy (non-hydrogen) atoms. The fraction of sp³-hybridized carbons (Fsp3) is 0.312. The van der Waals surface area contributed by atoms with Gasteiger partial charge < -0.3 is 15.2 Å². The number of para-hydroxylation sites is 1. The van der Waals surface area contributed by atoms with E-state index in [9.17, 15) is 9.59 Å². The maximum atomic E-state index is 11.5. The van der Waals surface area contributed by atoms with Crippen LogP contribution in [-0.2, 0) is 9.53 Å². The molecule has 0 aliphatic rings. The largest absolute Gasteiger partial charge is 0.478 e. The maximum Gasteiger partial charge on any atom is 0.407 e. The van der Waals surface area contributed by atoms with Crippen molar-refractivity contribution in [3.8, 4) is 0 Å². The van der Waals surface area contributed by atoms with Gasteiger partial charge in [-0.2, -0.15) is 9.98 Å². The zero-order valence-corrected chi connectivity index (χ0v) is 13.2. The van der Waals surface area contributed by atoms with Crippen molar-refractivity contribution < 1.29 is 19.4 Å². The molecule has 0 radical (unpaired) electrons. The number of ether oxygens (including phenoxy) is 1. The van der Waals surface area contributed by atoms with Gasteiger partial charge in [-0.3, -0.25) is 0 Å². The van der Waals surface area contributed by atoms with E-state index in [4.69, 9.17) is 9.84 Å². The van der Waals surface area contributed by atoms with E-state index < -0.39 is 17.7 Å². The first-order chi connectivity index (χ1) is 10.8. The first-order valence-corrected chi connectivity index (χ1v) is 6.88. The smallest absolute Gasteiger partial charge is 0.407 e. The summed E-state index contributed by atoms with van der Waals surface area (Å²) in [5.74, 6) is -1.20. The Bertz CT molecular complexity index is 639. The Morgan fingerprint density at radius 3 is 2.52 bits per heavy atom. The number of hydrogen-bond acceptors (Lipinski definition) is 5. The van der Waals surface area contributed by atoms with Crippen molar-refractivity contribution in [2.45, 2.75) is 26.4 Å². The van der Waals surface area contributed by atoms with Crippen LogP contribution in [0.15, 0.2) is 52.1 Å². The molecule has 0 bridgehead atoms. The monoisotopic (exact) mass is 317 g/mol. The highest BCUT2D eigenvalue weighted by molar-refractivity contribution is 5.88. The Morgan fingerprint density at radius 1 is 1.30 bits per heavy atom. The Morgan fingerprint density at radius 2 is 1.96 bits per heavy atom. The van der Waals surface area contributed by atoms with Gasteiger partial charge in [0.15, 0.2) is 0 Å². The van der Waals surface area contributed by atoms with E-state index in [1.54, 1.807) is 32.9 Å². The number of carboxylic acids is 1. The number of rotatable bonds is 5. The highest BCUT2D eigenvalue weighted by Crippen LogP contribution is 2.08. The van der Waals surface area contributed by atoms with Gasteiger partial charge in [-0.15, -0.1) is 0 Å². The zero-order chi connectivity index (χ0) is 17.3. The molecule has 122 valence electrons. The Labute approximate surface area is 134 Å². The summed E-state index contributed by atoms with van der Waals surface area (Å²) in [6.45, 7) is 4.92. The van der Waals surface area contributed by atoms with Gasteiger partial charge in [0.25, 0.3) is 0 Å². The van der Waals surface area contributed by atoms with Crippen molar-refractivity contribution in [3.63, 3.8) is 0 Å². The van der Waals surface area contributed by atoms with Crippen LogP contribution in [0.25, 0.3) is 0 Å². The van der Waals surface area contributed by atoms with Gasteiger partial charge in [0.05, 0.1) is 30.0 Å². The van der Waals surface area contributed by atoms with Crippen LogP contribution in [0.1, 0.15) is 20.8 Å². The Balaban J connectivity index is 2.66. The molecule has 0 atom stereocenters. The fourth-order valence-corrected chi connectivity index (χ4v) is 1.35. The summed E-state index contributed by atoms with van der Waals surface area (Å²) in [7, 11) is 0. The minimum absolute atomic E-state index is 0.119. The number of alkyl carbamates (subject to hydrolysis) is 1. The van der Waals surface area contributed by atoms with E-state index in [1.807, 2.05) is 18.2 Å². The lowest BCUT2D eigenvalue weighted by molar-refractivity contribution is -0.132. The molecule has 0 heterocycles. The third kappa shape index (κ3) is 8.18. The number of aliphatic carboxylic acids is 1. The molecule has 0 spiro atoms. The first-order valence-electron chi connectivity index (χ1n) is 6.88. The molecular weight excluding hydrogens is 298 g/mol. The molecule has 1 rings (SSSR count). The normalized spacial score (nSPS) is 11.2. The van der Waals surface area contributed by atoms with Gasteiger partial charge in [0.2, 0.25) is 0 Å². The fourth-order valence-electron chi connectivity index (χ4n) is 1.35. The first kappa shape index (κ1) is 18.1. The summed E-state index contributed by atoms with van der Waals surface area (Å²) < 4.78 is 5.02. The van der Waals surface area contributed by atoms with E-state index >= 15 is 0 Å². The van der Waals surface area contributed by atoms with Gasteiger partial charge in [-0.25, -0.2) is 9.59 Å². The molecular formula is C16H19N3O4. The van der Waals surface area contributed by atoms with Crippen molar-refractivity contribution in [1.29, 1.82) is 0 Å². The van der Waals surface area contributed by atoms with E-state index in [0.29, 0.717) is 5.69 Å². The van der Waals surface area contributed by atoms with Gasteiger partial charge in [0, 0.05) is 0 Å². The van der Waals surface area contributed by atoms with Crippen molar-refractivity contribution >= 4 is 23.8 Å². The Kier molecular flexibility index (Phi) is 6.70. The van der Waals surface area contributed by atoms with Gasteiger partial charge in [-0.1, -0.05) is 18.2 Å². The van der Waals surface area contributed by atoms with Crippen LogP contribution in [0.3, 0.4) is 0 Å². The van der Waals surface area contributed by atoms with Crippen molar-refractivity contribution in [2.24, 2.45) is 9.98 Å². The zero-order valence-electron chi connectivity index (χ0n) is 13.2. The number of nitrogens with zero attached hydrogens (tertiary/aromatic N) is 2. The second kappa shape index (κ2) is 8.51. The van der Waals surface area contributed by atoms with Gasteiger partial charge >= 0.3 is 12.1 Å². The second-order valence-corrected chi connectivity index (χ2v) is 5.49. The Hall–Kier alpha value is -2.92. The number of benzene rings is 1. The van der Waals surface area contributed by atoms with E-state index in [2.05, 4.69) is 21.3 Å². The number of aliphatic imine (C=N–C) groups is 2. The molecule has 0 fully saturated rings. The maximum absolute atomic E-state index is 11.5. The van der Waals surface area contributed by atoms with Crippen molar-refractivity contribution in [3.05, 3.63) is 42.1 Å². The summed E-state index contributed by atoms with van der Waals surface area (Å²) in [5.41, 5.74) is -0.127. The molecule has 0 saturated heterocycles. The molecule has 0 saturated carbocycles. The predicted octanol–water partition coefficient (Wildman–Crippen LogP) is 2.99. The predicted molar refractivity (Wildman–Crippen MR) is 85.9 cm³/mol. The third-order valence-corrected chi connectivity index (χ3v) is 2.31. The van der Waals surface area contributed by atoms with Crippen LogP contribution in [-0.4, -0.2) is 35.3 Å². The molecule has 2 N–H and O–H groups in total. The summed E-state index contributed by atoms with van der Waals surface area (Å²) in [4.78, 5) is 30.2. The summed E-state index contributed by atoms with van der Waals surface area (Å²) >= 11 is 0. The number of hydrogen-bond donors (Lipinski definition) is 2. The van der Waals surface area contributed by atoms with Gasteiger partial charge in [0.1, 0.15) is 5.60 Å². The summed E-state index contributed by atoms with van der Waals surface area (Å²) in [5, 5.41) is 11.4. The average Bonchev–Trinajstić information content (AvgIpc) is 2.45. The van der Waals surface area contributed by atoms with Crippen molar-refractivity contribution in [1.82, 2.24) is 5.32 Å². The van der Waals surface area contributed by atoms with Crippen LogP contribution in [0.5, 0.6) is 0 Å². The molecule has 0 aliphatic heterocycles. The highest BCUT2D eigenvalue weighted by Gasteiger charge is 2.17. The number of amides is 1. The minimum Gasteiger partial charge on any atom is -0.478 e. The highest BCUT2D eigenvalue weighted by atomic mass is 16.6. The van der Waals surface area contributed by atoms with E-state index in [-0.39, 0.29) is 12.1 Å². The van der Waals surface area contributed by atoms with Crippen molar-refractivity contribution in [2.75, 3.05) is 6.54 Å². The lowest BCUT2D eigenvalue weighted by atomic mass is 10.2. The summed E-state index contributed by atoms with van der Waals surface area (Å²) in [6.07, 6.45) is 0.373. The van der Waals surface area contributed by atoms with Crippen LogP contribution < -0.4 is 5.32 Å². The van der Waals surface area contributed by atoms with E-state index in [0.717, 1.165) is 6.20 Å². The molecule has 0 aromatic heterocycles. The van der Waals surface area contributed by atoms with Crippen LogP contribution in [0, 0.1) is 0 Å². The summed E-state index contributed by atoms with van der Waals surface area (Å²) in [6, 6.07) is 11.4. The van der Waals surface area contributed by atoms with Gasteiger partial charge in [-0.05, 0) is 32.9 Å².